The number of fused-ring (bicyclic) bond motifs is 2. The van der Waals surface area contributed by atoms with Gasteiger partial charge in [-0.1, -0.05) is 30.5 Å². The lowest BCUT2D eigenvalue weighted by molar-refractivity contribution is -0.0343. The highest BCUT2D eigenvalue weighted by atomic mass is 32.9. The van der Waals surface area contributed by atoms with Crippen molar-refractivity contribution in [1.29, 1.82) is 0 Å². The first-order valence-electron chi connectivity index (χ1n) is 11.1. The zero-order valence-electron chi connectivity index (χ0n) is 18.9. The second kappa shape index (κ2) is 8.53. The van der Waals surface area contributed by atoms with E-state index in [1.807, 2.05) is 6.92 Å². The number of anilines is 1. The quantitative estimate of drug-likeness (QED) is 0.447. The first kappa shape index (κ1) is 23.6. The van der Waals surface area contributed by atoms with Crippen molar-refractivity contribution in [3.05, 3.63) is 24.8 Å². The van der Waals surface area contributed by atoms with Crippen LogP contribution in [0.25, 0.3) is 11.2 Å². The Morgan fingerprint density at radius 1 is 1.48 bits per heavy atom. The number of hydrogen-bond donors (Lipinski definition) is 1. The first-order valence-corrected chi connectivity index (χ1v) is 15.2. The maximum Gasteiger partial charge on any atom is 0.248 e. The molecule has 2 aromatic heterocycles. The number of allylic oxidation sites excluding steroid dienone is 1. The van der Waals surface area contributed by atoms with E-state index >= 15 is 4.39 Å². The van der Waals surface area contributed by atoms with Crippen LogP contribution in [0.3, 0.4) is 0 Å². The fourth-order valence-corrected chi connectivity index (χ4v) is 12.1. The van der Waals surface area contributed by atoms with E-state index in [0.29, 0.717) is 17.1 Å². The number of halogens is 1. The summed E-state index contributed by atoms with van der Waals surface area (Å²) in [4.78, 5) is 12.4. The van der Waals surface area contributed by atoms with E-state index in [9.17, 15) is 0 Å². The second-order valence-corrected chi connectivity index (χ2v) is 16.1. The Kier molecular flexibility index (Phi) is 6.11. The average molecular weight is 514 g/mol. The summed E-state index contributed by atoms with van der Waals surface area (Å²) in [6.45, 7) is 10.4. The Bertz CT molecular complexity index is 1130. The summed E-state index contributed by atoms with van der Waals surface area (Å²) in [6.07, 6.45) is 3.30. The number of alkyl halides is 1. The highest BCUT2D eigenvalue weighted by molar-refractivity contribution is 8.68. The van der Waals surface area contributed by atoms with Crippen molar-refractivity contribution in [3.8, 4) is 0 Å². The lowest BCUT2D eigenvalue weighted by Crippen LogP contribution is -2.39. The molecule has 0 spiro atoms. The van der Waals surface area contributed by atoms with Gasteiger partial charge in [0.05, 0.1) is 25.1 Å². The molecule has 2 N–H and O–H groups in total. The molecule has 3 aliphatic rings. The van der Waals surface area contributed by atoms with Gasteiger partial charge < -0.3 is 19.5 Å². The number of imidazole rings is 1. The van der Waals surface area contributed by atoms with Gasteiger partial charge >= 0.3 is 0 Å². The van der Waals surface area contributed by atoms with Gasteiger partial charge in [0.2, 0.25) is 5.69 Å². The third-order valence-corrected chi connectivity index (χ3v) is 13.0. The summed E-state index contributed by atoms with van der Waals surface area (Å²) in [5, 5.41) is 0. The SMILES string of the molecule is C=C(C)[C@@H]1CC[C@]2(C)S[P@@](=S)(OC[C@H]3O[C@@H](n4cnc5c(N)ncnc54)[C@H](F)[C@@H]3C)O[C@H]2C1. The van der Waals surface area contributed by atoms with Crippen molar-refractivity contribution in [3.63, 3.8) is 0 Å². The number of nitrogen functional groups attached to an aromatic ring is 1. The van der Waals surface area contributed by atoms with Crippen molar-refractivity contribution < 1.29 is 18.2 Å². The molecule has 2 aromatic rings. The monoisotopic (exact) mass is 513 g/mol. The molecule has 0 bridgehead atoms. The van der Waals surface area contributed by atoms with Gasteiger partial charge in [0.25, 0.3) is 0 Å². The van der Waals surface area contributed by atoms with E-state index in [2.05, 4.69) is 35.4 Å². The molecular formula is C21H29FN5O3PS2. The summed E-state index contributed by atoms with van der Waals surface area (Å²) >= 11 is 7.52. The summed E-state index contributed by atoms with van der Waals surface area (Å²) in [5.41, 5.74) is 5.36. The molecule has 12 heteroatoms. The predicted octanol–water partition coefficient (Wildman–Crippen LogP) is 4.79. The Morgan fingerprint density at radius 3 is 3.03 bits per heavy atom. The third kappa shape index (κ3) is 4.15. The minimum atomic E-state index is -2.56. The zero-order valence-corrected chi connectivity index (χ0v) is 21.4. The van der Waals surface area contributed by atoms with Crippen LogP contribution in [0.1, 0.15) is 46.3 Å². The van der Waals surface area contributed by atoms with Crippen molar-refractivity contribution >= 4 is 45.9 Å². The molecule has 3 fully saturated rings. The third-order valence-electron chi connectivity index (χ3n) is 7.18. The highest BCUT2D eigenvalue weighted by Gasteiger charge is 2.54. The normalized spacial score (nSPS) is 40.8. The molecule has 0 radical (unpaired) electrons. The molecular weight excluding hydrogens is 484 g/mol. The van der Waals surface area contributed by atoms with Crippen molar-refractivity contribution in [1.82, 2.24) is 19.5 Å². The molecule has 2 saturated heterocycles. The van der Waals surface area contributed by atoms with Crippen LogP contribution in [-0.2, 0) is 25.6 Å². The van der Waals surface area contributed by atoms with Crippen molar-refractivity contribution in [2.24, 2.45) is 11.8 Å². The second-order valence-electron chi connectivity index (χ2n) is 9.51. The summed E-state index contributed by atoms with van der Waals surface area (Å²) in [6, 6.07) is 0. The molecule has 2 aliphatic heterocycles. The highest BCUT2D eigenvalue weighted by Crippen LogP contribution is 2.75. The Morgan fingerprint density at radius 2 is 2.27 bits per heavy atom. The zero-order chi connectivity index (χ0) is 23.5. The Balaban J connectivity index is 1.27. The smallest absolute Gasteiger partial charge is 0.248 e. The number of hydrogen-bond acceptors (Lipinski definition) is 9. The van der Waals surface area contributed by atoms with Gasteiger partial charge in [0.1, 0.15) is 11.8 Å². The molecule has 33 heavy (non-hydrogen) atoms. The van der Waals surface area contributed by atoms with Crippen LogP contribution in [0.2, 0.25) is 0 Å². The largest absolute Gasteiger partial charge is 0.382 e. The molecule has 8 atom stereocenters. The Hall–Kier alpha value is -1.10. The number of rotatable bonds is 5. The van der Waals surface area contributed by atoms with E-state index in [1.165, 1.54) is 18.2 Å². The molecule has 180 valence electrons. The predicted molar refractivity (Wildman–Crippen MR) is 131 cm³/mol. The van der Waals surface area contributed by atoms with Gasteiger partial charge in [-0.2, -0.15) is 0 Å². The van der Waals surface area contributed by atoms with Crippen LogP contribution in [0.15, 0.2) is 24.8 Å². The molecule has 0 unspecified atom stereocenters. The maximum absolute atomic E-state index is 15.3. The summed E-state index contributed by atoms with van der Waals surface area (Å²) in [5.74, 6) is 0.308. The topological polar surface area (TPSA) is 97.3 Å². The first-order chi connectivity index (χ1) is 15.6. The molecule has 5 rings (SSSR count). The summed E-state index contributed by atoms with van der Waals surface area (Å²) < 4.78 is 35.4. The van der Waals surface area contributed by atoms with Gasteiger partial charge in [-0.05, 0) is 50.8 Å². The maximum atomic E-state index is 15.3. The fraction of sp³-hybridized carbons (Fsp3) is 0.667. The minimum absolute atomic E-state index is 0.0508. The Labute approximate surface area is 201 Å². The van der Waals surface area contributed by atoms with Gasteiger partial charge in [0.15, 0.2) is 23.9 Å². The average Bonchev–Trinajstić information content (AvgIpc) is 3.39. The number of aromatic nitrogens is 4. The molecule has 1 aliphatic carbocycles. The van der Waals surface area contributed by atoms with Gasteiger partial charge in [-0.3, -0.25) is 4.57 Å². The number of nitrogens with zero attached hydrogens (tertiary/aromatic N) is 4. The molecule has 1 saturated carbocycles. The van der Waals surface area contributed by atoms with Gasteiger partial charge in [-0.15, -0.1) is 0 Å². The van der Waals surface area contributed by atoms with Crippen LogP contribution in [-0.4, -0.2) is 49.3 Å². The lowest BCUT2D eigenvalue weighted by atomic mass is 9.77. The molecule has 0 amide bonds. The number of nitrogens with two attached hydrogens (primary N) is 1. The minimum Gasteiger partial charge on any atom is -0.382 e. The van der Waals surface area contributed by atoms with Crippen LogP contribution in [0, 0.1) is 11.8 Å². The molecule has 0 aromatic carbocycles. The molecule has 8 nitrogen and oxygen atoms in total. The van der Waals surface area contributed by atoms with Crippen LogP contribution >= 0.6 is 17.1 Å². The molecule has 4 heterocycles. The standard InChI is InChI=1S/C21H29FN5O3PS2/c1-11(2)13-5-6-21(4)15(7-13)30-31(32,33-21)28-8-14-12(3)16(22)20(29-14)27-10-26-17-18(23)24-9-25-19(17)27/h9-10,12-16,20H,1,5-8H2,2-4H3,(H2,23,24,25)/t12-,13-,14-,15+,16-,20-,21+,31+/m1/s1. The van der Waals surface area contributed by atoms with Gasteiger partial charge in [-0.25, -0.2) is 19.3 Å². The fourth-order valence-electron chi connectivity index (χ4n) is 4.92. The van der Waals surface area contributed by atoms with Crippen molar-refractivity contribution in [2.75, 3.05) is 12.3 Å². The van der Waals surface area contributed by atoms with Crippen molar-refractivity contribution in [2.45, 2.75) is 69.4 Å². The lowest BCUT2D eigenvalue weighted by Gasteiger charge is -2.37. The van der Waals surface area contributed by atoms with Crippen LogP contribution in [0.5, 0.6) is 0 Å². The van der Waals surface area contributed by atoms with Crippen LogP contribution < -0.4 is 5.73 Å². The van der Waals surface area contributed by atoms with E-state index in [0.717, 1.165) is 19.3 Å². The van der Waals surface area contributed by atoms with Crippen LogP contribution in [0.4, 0.5) is 10.2 Å². The number of ether oxygens (including phenoxy) is 1. The van der Waals surface area contributed by atoms with E-state index < -0.39 is 30.1 Å². The van der Waals surface area contributed by atoms with E-state index in [-0.39, 0.29) is 23.3 Å². The summed E-state index contributed by atoms with van der Waals surface area (Å²) in [7, 11) is 0. The van der Waals surface area contributed by atoms with Gasteiger partial charge in [0, 0.05) is 10.7 Å². The van der Waals surface area contributed by atoms with E-state index in [4.69, 9.17) is 31.3 Å². The van der Waals surface area contributed by atoms with E-state index in [1.54, 1.807) is 15.9 Å².